The van der Waals surface area contributed by atoms with E-state index in [0.717, 1.165) is 0 Å². The lowest BCUT2D eigenvalue weighted by Crippen LogP contribution is -2.40. The van der Waals surface area contributed by atoms with E-state index in [1.54, 1.807) is 24.2 Å². The molecule has 6 nitrogen and oxygen atoms in total. The molecule has 1 atom stereocenters. The number of nitrogens with zero attached hydrogens (tertiary/aromatic N) is 2. The zero-order valence-electron chi connectivity index (χ0n) is 11.8. The molecule has 6 heteroatoms. The number of rotatable bonds is 3. The maximum atomic E-state index is 12.1. The van der Waals surface area contributed by atoms with Crippen molar-refractivity contribution in [2.75, 3.05) is 18.9 Å². The Bertz CT molecular complexity index is 579. The number of aromatic nitrogens is 1. The first kappa shape index (κ1) is 14.3. The van der Waals surface area contributed by atoms with Crippen molar-refractivity contribution in [2.45, 2.75) is 26.3 Å². The minimum absolute atomic E-state index is 0.00470. The number of pyridine rings is 1. The lowest BCUT2D eigenvalue weighted by molar-refractivity contribution is -0.137. The van der Waals surface area contributed by atoms with Gasteiger partial charge in [0, 0.05) is 44.7 Å². The first-order valence-corrected chi connectivity index (χ1v) is 6.76. The summed E-state index contributed by atoms with van der Waals surface area (Å²) in [5.41, 5.74) is 0.489. The first-order valence-electron chi connectivity index (χ1n) is 6.76. The maximum absolute atomic E-state index is 12.1. The lowest BCUT2D eigenvalue weighted by atomic mass is 9.95. The third kappa shape index (κ3) is 3.07. The van der Waals surface area contributed by atoms with Crippen molar-refractivity contribution in [3.63, 3.8) is 0 Å². The fourth-order valence-corrected chi connectivity index (χ4v) is 2.26. The van der Waals surface area contributed by atoms with Gasteiger partial charge in [0.25, 0.3) is 5.56 Å². The summed E-state index contributed by atoms with van der Waals surface area (Å²) in [6.07, 6.45) is 2.54. The Morgan fingerprint density at radius 3 is 2.80 bits per heavy atom. The molecule has 0 unspecified atom stereocenters. The molecule has 1 N–H and O–H groups in total. The molecule has 108 valence electrons. The number of hydrogen-bond acceptors (Lipinski definition) is 3. The van der Waals surface area contributed by atoms with Gasteiger partial charge in [-0.15, -0.1) is 0 Å². The summed E-state index contributed by atoms with van der Waals surface area (Å²) in [5, 5.41) is 2.78. The molecule has 2 heterocycles. The van der Waals surface area contributed by atoms with Gasteiger partial charge in [0.1, 0.15) is 0 Å². The van der Waals surface area contributed by atoms with Crippen molar-refractivity contribution in [2.24, 2.45) is 5.92 Å². The molecule has 1 aromatic rings. The van der Waals surface area contributed by atoms with Gasteiger partial charge in [-0.3, -0.25) is 14.4 Å². The number of likely N-dealkylation sites (tertiary alicyclic amines) is 1. The molecule has 0 spiro atoms. The zero-order valence-corrected chi connectivity index (χ0v) is 11.8. The normalized spacial score (nSPS) is 19.0. The predicted octanol–water partition coefficient (Wildman–Crippen LogP) is 0.675. The zero-order chi connectivity index (χ0) is 14.7. The molecule has 0 bridgehead atoms. The van der Waals surface area contributed by atoms with Crippen LogP contribution in [-0.2, 0) is 16.1 Å². The van der Waals surface area contributed by atoms with Crippen molar-refractivity contribution in [3.8, 4) is 0 Å². The van der Waals surface area contributed by atoms with Crippen LogP contribution in [0.5, 0.6) is 0 Å². The van der Waals surface area contributed by atoms with E-state index < -0.39 is 0 Å². The van der Waals surface area contributed by atoms with Crippen molar-refractivity contribution < 1.29 is 9.59 Å². The third-order valence-corrected chi connectivity index (χ3v) is 3.62. The molecule has 0 aliphatic carbocycles. The Balaban J connectivity index is 2.05. The number of carbonyl (C=O) groups is 2. The minimum Gasteiger partial charge on any atom is -0.346 e. The largest absolute Gasteiger partial charge is 0.346 e. The van der Waals surface area contributed by atoms with E-state index in [2.05, 4.69) is 5.32 Å². The molecule has 0 saturated carbocycles. The predicted molar refractivity (Wildman–Crippen MR) is 75.4 cm³/mol. The number of anilines is 1. The van der Waals surface area contributed by atoms with Gasteiger partial charge in [0.2, 0.25) is 11.8 Å². The van der Waals surface area contributed by atoms with Crippen LogP contribution in [0.15, 0.2) is 23.1 Å². The first-order chi connectivity index (χ1) is 9.51. The highest BCUT2D eigenvalue weighted by Gasteiger charge is 2.28. The molecule has 1 saturated heterocycles. The lowest BCUT2D eigenvalue weighted by Gasteiger charge is -2.27. The van der Waals surface area contributed by atoms with Crippen LogP contribution < -0.4 is 10.9 Å². The van der Waals surface area contributed by atoms with Crippen LogP contribution in [0, 0.1) is 5.92 Å². The topological polar surface area (TPSA) is 71.4 Å². The van der Waals surface area contributed by atoms with E-state index in [4.69, 9.17) is 0 Å². The van der Waals surface area contributed by atoms with Crippen LogP contribution in [0.4, 0.5) is 5.69 Å². The molecule has 0 radical (unpaired) electrons. The molecule has 20 heavy (non-hydrogen) atoms. The Hall–Kier alpha value is -2.11. The summed E-state index contributed by atoms with van der Waals surface area (Å²) < 4.78 is 1.52. The van der Waals surface area contributed by atoms with Crippen LogP contribution in [0.3, 0.4) is 0 Å². The van der Waals surface area contributed by atoms with Crippen LogP contribution in [-0.4, -0.2) is 34.9 Å². The third-order valence-electron chi connectivity index (χ3n) is 3.62. The molecular formula is C14H19N3O3. The summed E-state index contributed by atoms with van der Waals surface area (Å²) in [7, 11) is 1.74. The fraction of sp³-hybridized carbons (Fsp3) is 0.500. The monoisotopic (exact) mass is 277 g/mol. The molecule has 1 aliphatic rings. The maximum Gasteiger partial charge on any atom is 0.250 e. The van der Waals surface area contributed by atoms with Gasteiger partial charge >= 0.3 is 0 Å². The van der Waals surface area contributed by atoms with E-state index >= 15 is 0 Å². The quantitative estimate of drug-likeness (QED) is 0.883. The van der Waals surface area contributed by atoms with Crippen molar-refractivity contribution in [3.05, 3.63) is 28.7 Å². The van der Waals surface area contributed by atoms with E-state index in [1.165, 1.54) is 10.6 Å². The SMILES string of the molecule is CCn1cc(NC(=O)[C@H]2CCN(C)C(=O)C2)ccc1=O. The summed E-state index contributed by atoms with van der Waals surface area (Å²) >= 11 is 0. The summed E-state index contributed by atoms with van der Waals surface area (Å²) in [6, 6.07) is 3.02. The molecule has 1 fully saturated rings. The highest BCUT2D eigenvalue weighted by atomic mass is 16.2. The number of nitrogens with one attached hydrogen (secondary N) is 1. The van der Waals surface area contributed by atoms with Crippen molar-refractivity contribution in [1.29, 1.82) is 0 Å². The average molecular weight is 277 g/mol. The van der Waals surface area contributed by atoms with Gasteiger partial charge in [0.05, 0.1) is 5.69 Å². The Morgan fingerprint density at radius 1 is 1.40 bits per heavy atom. The average Bonchev–Trinajstić information content (AvgIpc) is 2.43. The summed E-state index contributed by atoms with van der Waals surface area (Å²) in [6.45, 7) is 3.02. The molecular weight excluding hydrogens is 258 g/mol. The van der Waals surface area contributed by atoms with Crippen molar-refractivity contribution >= 4 is 17.5 Å². The molecule has 2 rings (SSSR count). The fourth-order valence-electron chi connectivity index (χ4n) is 2.26. The van der Waals surface area contributed by atoms with Gasteiger partial charge in [-0.05, 0) is 19.4 Å². The van der Waals surface area contributed by atoms with E-state index in [9.17, 15) is 14.4 Å². The Kier molecular flexibility index (Phi) is 4.22. The molecule has 2 amide bonds. The van der Waals surface area contributed by atoms with Gasteiger partial charge in [0.15, 0.2) is 0 Å². The molecule has 1 aliphatic heterocycles. The van der Waals surface area contributed by atoms with Crippen LogP contribution in [0.25, 0.3) is 0 Å². The van der Waals surface area contributed by atoms with Gasteiger partial charge in [-0.25, -0.2) is 0 Å². The minimum atomic E-state index is -0.291. The van der Waals surface area contributed by atoms with E-state index in [0.29, 0.717) is 25.2 Å². The second-order valence-electron chi connectivity index (χ2n) is 5.04. The number of carbonyl (C=O) groups excluding carboxylic acids is 2. The second-order valence-corrected chi connectivity index (χ2v) is 5.04. The van der Waals surface area contributed by atoms with Crippen molar-refractivity contribution in [1.82, 2.24) is 9.47 Å². The Labute approximate surface area is 117 Å². The highest BCUT2D eigenvalue weighted by molar-refractivity contribution is 5.95. The number of aryl methyl sites for hydroxylation is 1. The highest BCUT2D eigenvalue weighted by Crippen LogP contribution is 2.19. The number of piperidine rings is 1. The van der Waals surface area contributed by atoms with Crippen LogP contribution in [0.2, 0.25) is 0 Å². The van der Waals surface area contributed by atoms with Gasteiger partial charge in [-0.1, -0.05) is 0 Å². The second kappa shape index (κ2) is 5.90. The molecule has 0 aromatic carbocycles. The smallest absolute Gasteiger partial charge is 0.250 e. The Morgan fingerprint density at radius 2 is 2.15 bits per heavy atom. The van der Waals surface area contributed by atoms with Gasteiger partial charge < -0.3 is 14.8 Å². The summed E-state index contributed by atoms with van der Waals surface area (Å²) in [4.78, 5) is 36.9. The number of hydrogen-bond donors (Lipinski definition) is 1. The standard InChI is InChI=1S/C14H19N3O3/c1-3-17-9-11(4-5-12(17)18)15-14(20)10-6-7-16(2)13(19)8-10/h4-5,9-10H,3,6-8H2,1-2H3,(H,15,20)/t10-/m0/s1. The van der Waals surface area contributed by atoms with E-state index in [-0.39, 0.29) is 29.7 Å². The van der Waals surface area contributed by atoms with Crippen LogP contribution >= 0.6 is 0 Å². The van der Waals surface area contributed by atoms with E-state index in [1.807, 2.05) is 6.92 Å². The van der Waals surface area contributed by atoms with Crippen LogP contribution in [0.1, 0.15) is 19.8 Å². The number of amides is 2. The molecule has 1 aromatic heterocycles. The van der Waals surface area contributed by atoms with Gasteiger partial charge in [-0.2, -0.15) is 0 Å². The summed E-state index contributed by atoms with van der Waals surface area (Å²) in [5.74, 6) is -0.455.